The largest absolute Gasteiger partial charge is 0.351 e. The molecule has 1 aromatic rings. The van der Waals surface area contributed by atoms with Crippen LogP contribution in [-0.4, -0.2) is 25.7 Å². The summed E-state index contributed by atoms with van der Waals surface area (Å²) in [5, 5.41) is 4.16. The zero-order valence-electron chi connectivity index (χ0n) is 10.2. The van der Waals surface area contributed by atoms with E-state index in [1.54, 1.807) is 18.2 Å². The van der Waals surface area contributed by atoms with E-state index in [-0.39, 0.29) is 0 Å². The Hall–Kier alpha value is -0.970. The molecule has 0 unspecified atom stereocenters. The summed E-state index contributed by atoms with van der Waals surface area (Å²) < 4.78 is 0. The molecule has 100 valence electrons. The van der Waals surface area contributed by atoms with Crippen molar-refractivity contribution in [2.45, 2.75) is 13.3 Å². The van der Waals surface area contributed by atoms with Crippen LogP contribution in [0.3, 0.4) is 0 Å². The van der Waals surface area contributed by atoms with Gasteiger partial charge < -0.3 is 11.1 Å². The molecule has 18 heavy (non-hydrogen) atoms. The molecule has 2 amide bonds. The number of amides is 2. The van der Waals surface area contributed by atoms with Crippen molar-refractivity contribution in [1.82, 2.24) is 5.32 Å². The van der Waals surface area contributed by atoms with E-state index in [1.165, 1.54) is 4.90 Å². The maximum absolute atomic E-state index is 11.4. The van der Waals surface area contributed by atoms with Gasteiger partial charge in [-0.1, -0.05) is 30.1 Å². The quantitative estimate of drug-likeness (QED) is 0.791. The van der Waals surface area contributed by atoms with Crippen LogP contribution in [0.1, 0.15) is 13.3 Å². The molecule has 1 rings (SSSR count). The van der Waals surface area contributed by atoms with Crippen molar-refractivity contribution in [1.29, 1.82) is 0 Å². The smallest absolute Gasteiger partial charge is 0.319 e. The highest BCUT2D eigenvalue weighted by molar-refractivity contribution is 6.35. The SMILES string of the molecule is CCCNCCN(C(N)=O)c1cc(Cl)cc(Cl)c1. The number of urea groups is 1. The number of benzene rings is 1. The topological polar surface area (TPSA) is 58.4 Å². The molecule has 3 N–H and O–H groups in total. The lowest BCUT2D eigenvalue weighted by molar-refractivity contribution is 0.254. The zero-order valence-corrected chi connectivity index (χ0v) is 11.8. The molecule has 1 aromatic carbocycles. The van der Waals surface area contributed by atoms with E-state index < -0.39 is 6.03 Å². The maximum atomic E-state index is 11.4. The van der Waals surface area contributed by atoms with Gasteiger partial charge in [-0.05, 0) is 31.2 Å². The predicted octanol–water partition coefficient (Wildman–Crippen LogP) is 2.88. The second-order valence-electron chi connectivity index (χ2n) is 3.87. The Kier molecular flexibility index (Phi) is 6.25. The van der Waals surface area contributed by atoms with Crippen molar-refractivity contribution < 1.29 is 4.79 Å². The molecular formula is C12H17Cl2N3O. The molecule has 0 spiro atoms. The Labute approximate surface area is 117 Å². The number of nitrogens with one attached hydrogen (secondary N) is 1. The number of carbonyl (C=O) groups is 1. The fourth-order valence-electron chi connectivity index (χ4n) is 1.55. The van der Waals surface area contributed by atoms with Gasteiger partial charge >= 0.3 is 6.03 Å². The molecule has 0 bridgehead atoms. The van der Waals surface area contributed by atoms with Gasteiger partial charge in [-0.25, -0.2) is 4.79 Å². The van der Waals surface area contributed by atoms with Crippen LogP contribution >= 0.6 is 23.2 Å². The summed E-state index contributed by atoms with van der Waals surface area (Å²) >= 11 is 11.8. The van der Waals surface area contributed by atoms with E-state index in [4.69, 9.17) is 28.9 Å². The van der Waals surface area contributed by atoms with E-state index in [1.807, 2.05) is 0 Å². The summed E-state index contributed by atoms with van der Waals surface area (Å²) in [5.74, 6) is 0. The lowest BCUT2D eigenvalue weighted by Gasteiger charge is -2.21. The predicted molar refractivity (Wildman–Crippen MR) is 76.6 cm³/mol. The summed E-state index contributed by atoms with van der Waals surface area (Å²) in [4.78, 5) is 12.9. The Morgan fingerprint density at radius 1 is 1.28 bits per heavy atom. The summed E-state index contributed by atoms with van der Waals surface area (Å²) in [6.07, 6.45) is 1.04. The molecule has 4 nitrogen and oxygen atoms in total. The number of hydrogen-bond donors (Lipinski definition) is 2. The number of nitrogens with two attached hydrogens (primary N) is 1. The summed E-state index contributed by atoms with van der Waals surface area (Å²) in [5.41, 5.74) is 5.97. The minimum Gasteiger partial charge on any atom is -0.351 e. The average Bonchev–Trinajstić information content (AvgIpc) is 2.27. The molecule has 6 heteroatoms. The van der Waals surface area contributed by atoms with Crippen LogP contribution in [0.15, 0.2) is 18.2 Å². The van der Waals surface area contributed by atoms with Crippen LogP contribution in [-0.2, 0) is 0 Å². The average molecular weight is 290 g/mol. The first-order chi connectivity index (χ1) is 8.54. The van der Waals surface area contributed by atoms with Gasteiger partial charge in [0.2, 0.25) is 0 Å². The van der Waals surface area contributed by atoms with E-state index in [9.17, 15) is 4.79 Å². The minimum absolute atomic E-state index is 0.477. The second kappa shape index (κ2) is 7.46. The van der Waals surface area contributed by atoms with Gasteiger partial charge in [-0.2, -0.15) is 0 Å². The van der Waals surface area contributed by atoms with Gasteiger partial charge in [-0.15, -0.1) is 0 Å². The Balaban J connectivity index is 2.74. The van der Waals surface area contributed by atoms with Crippen molar-refractivity contribution in [2.24, 2.45) is 5.73 Å². The van der Waals surface area contributed by atoms with Gasteiger partial charge in [0.05, 0.1) is 0 Å². The summed E-state index contributed by atoms with van der Waals surface area (Å²) in [7, 11) is 0. The number of nitrogens with zero attached hydrogens (tertiary/aromatic N) is 1. The second-order valence-corrected chi connectivity index (χ2v) is 4.74. The first kappa shape index (κ1) is 15.1. The van der Waals surface area contributed by atoms with Crippen LogP contribution < -0.4 is 16.0 Å². The number of anilines is 1. The van der Waals surface area contributed by atoms with Gasteiger partial charge in [-0.3, -0.25) is 4.90 Å². The van der Waals surface area contributed by atoms with Crippen LogP contribution in [0.25, 0.3) is 0 Å². The van der Waals surface area contributed by atoms with Crippen LogP contribution in [0.2, 0.25) is 10.0 Å². The molecule has 0 radical (unpaired) electrons. The molecule has 0 aliphatic rings. The van der Waals surface area contributed by atoms with Crippen molar-refractivity contribution in [3.63, 3.8) is 0 Å². The van der Waals surface area contributed by atoms with Crippen LogP contribution in [0, 0.1) is 0 Å². The number of primary amides is 1. The maximum Gasteiger partial charge on any atom is 0.319 e. The van der Waals surface area contributed by atoms with Crippen molar-refractivity contribution in [3.8, 4) is 0 Å². The fourth-order valence-corrected chi connectivity index (χ4v) is 2.07. The molecule has 0 aliphatic carbocycles. The fraction of sp³-hybridized carbons (Fsp3) is 0.417. The minimum atomic E-state index is -0.522. The molecule has 0 aliphatic heterocycles. The third-order valence-corrected chi connectivity index (χ3v) is 2.80. The Bertz CT molecular complexity index is 392. The summed E-state index contributed by atoms with van der Waals surface area (Å²) in [6.45, 7) is 4.13. The molecule has 0 heterocycles. The highest BCUT2D eigenvalue weighted by Crippen LogP contribution is 2.25. The monoisotopic (exact) mass is 289 g/mol. The molecule has 0 saturated heterocycles. The van der Waals surface area contributed by atoms with Crippen LogP contribution in [0.5, 0.6) is 0 Å². The highest BCUT2D eigenvalue weighted by atomic mass is 35.5. The summed E-state index contributed by atoms with van der Waals surface area (Å²) in [6, 6.07) is 4.42. The third kappa shape index (κ3) is 4.72. The van der Waals surface area contributed by atoms with Gasteiger partial charge in [0.15, 0.2) is 0 Å². The van der Waals surface area contributed by atoms with E-state index in [2.05, 4.69) is 12.2 Å². The standard InChI is InChI=1S/C12H17Cl2N3O/c1-2-3-16-4-5-17(12(15)18)11-7-9(13)6-10(14)8-11/h6-8,16H,2-5H2,1H3,(H2,15,18). The lowest BCUT2D eigenvalue weighted by Crippen LogP contribution is -2.40. The number of rotatable bonds is 6. The first-order valence-electron chi connectivity index (χ1n) is 5.78. The number of halogens is 2. The van der Waals surface area contributed by atoms with E-state index in [0.29, 0.717) is 28.8 Å². The molecular weight excluding hydrogens is 273 g/mol. The molecule has 0 fully saturated rings. The van der Waals surface area contributed by atoms with Crippen LogP contribution in [0.4, 0.5) is 10.5 Å². The van der Waals surface area contributed by atoms with Crippen molar-refractivity contribution >= 4 is 34.9 Å². The van der Waals surface area contributed by atoms with Gasteiger partial charge in [0.25, 0.3) is 0 Å². The van der Waals surface area contributed by atoms with Gasteiger partial charge in [0.1, 0.15) is 0 Å². The molecule has 0 atom stereocenters. The zero-order chi connectivity index (χ0) is 13.5. The third-order valence-electron chi connectivity index (χ3n) is 2.36. The number of hydrogen-bond acceptors (Lipinski definition) is 2. The van der Waals surface area contributed by atoms with E-state index in [0.717, 1.165) is 13.0 Å². The number of carbonyl (C=O) groups excluding carboxylic acids is 1. The first-order valence-corrected chi connectivity index (χ1v) is 6.54. The molecule has 0 saturated carbocycles. The Morgan fingerprint density at radius 2 is 1.89 bits per heavy atom. The molecule has 0 aromatic heterocycles. The van der Waals surface area contributed by atoms with E-state index >= 15 is 0 Å². The lowest BCUT2D eigenvalue weighted by atomic mass is 10.3. The van der Waals surface area contributed by atoms with Crippen molar-refractivity contribution in [3.05, 3.63) is 28.2 Å². The normalized spacial score (nSPS) is 10.4. The van der Waals surface area contributed by atoms with Gasteiger partial charge in [0, 0.05) is 28.8 Å². The highest BCUT2D eigenvalue weighted by Gasteiger charge is 2.13. The van der Waals surface area contributed by atoms with Crippen molar-refractivity contribution in [2.75, 3.05) is 24.5 Å². The Morgan fingerprint density at radius 3 is 2.39 bits per heavy atom.